The maximum absolute atomic E-state index is 6.70. The van der Waals surface area contributed by atoms with Crippen LogP contribution in [-0.4, -0.2) is 28.7 Å². The molecule has 510 valence electrons. The topological polar surface area (TPSA) is 92.9 Å². The first-order chi connectivity index (χ1) is 49.5. The van der Waals surface area contributed by atoms with E-state index < -0.39 is 0 Å². The molecule has 0 saturated heterocycles. The van der Waals surface area contributed by atoms with E-state index >= 15 is 0 Å². The summed E-state index contributed by atoms with van der Waals surface area (Å²) >= 11 is 0. The molecule has 0 aliphatic rings. The van der Waals surface area contributed by atoms with E-state index in [-0.39, 0.29) is 35.5 Å². The molecule has 0 saturated carbocycles. The zero-order valence-corrected chi connectivity index (χ0v) is 60.9. The standard InChI is InChI=1S/C93H90N6O3/c1-55(2)73-52-76-70-19-13-16-22-79(70)100-88(76)82(58(7)8)85(73)97-46-43-94-91(97)67-37-31-61(32-38-67)25-28-64-49-65(29-26-62-33-39-68(40-34-62)92-95-44-47-98(92)86-74(56(3)4)53-77-71-20-14-17-23-80(71)101-89(77)83(86)59(9)10)51-66(50-64)30-27-63-35-41-69(42-36-63)93-96-45-48-99(93)87-75(57(5)6)54-78-72-21-15-18-24-81(72)102-90(78)84(87)60(11)12/h13-24,31-60H,25-30H2,1-12H3. The van der Waals surface area contributed by atoms with E-state index in [9.17, 15) is 0 Å². The number of aromatic nitrogens is 6. The normalized spacial score (nSPS) is 12.3. The summed E-state index contributed by atoms with van der Waals surface area (Å²) in [4.78, 5) is 15.1. The number of imidazole rings is 3. The molecule has 0 aliphatic heterocycles. The largest absolute Gasteiger partial charge is 0.456 e. The van der Waals surface area contributed by atoms with Crippen LogP contribution in [0.2, 0.25) is 0 Å². The predicted molar refractivity (Wildman–Crippen MR) is 422 cm³/mol. The highest BCUT2D eigenvalue weighted by molar-refractivity contribution is 6.10. The molecule has 9 nitrogen and oxygen atoms in total. The van der Waals surface area contributed by atoms with Gasteiger partial charge in [0.1, 0.15) is 51.0 Å². The van der Waals surface area contributed by atoms with Crippen LogP contribution in [0.25, 0.3) is 117 Å². The molecule has 0 N–H and O–H groups in total. The minimum atomic E-state index is 0.214. The molecule has 0 spiro atoms. The molecule has 0 fully saturated rings. The van der Waals surface area contributed by atoms with Crippen molar-refractivity contribution in [2.75, 3.05) is 0 Å². The van der Waals surface area contributed by atoms with Gasteiger partial charge in [0.15, 0.2) is 0 Å². The van der Waals surface area contributed by atoms with Crippen LogP contribution >= 0.6 is 0 Å². The third kappa shape index (κ3) is 11.9. The van der Waals surface area contributed by atoms with Crippen molar-refractivity contribution in [1.29, 1.82) is 0 Å². The molecule has 0 atom stereocenters. The average molecular weight is 1340 g/mol. The lowest BCUT2D eigenvalue weighted by Crippen LogP contribution is -2.08. The second kappa shape index (κ2) is 27.0. The van der Waals surface area contributed by atoms with Gasteiger partial charge in [-0.25, -0.2) is 15.0 Å². The van der Waals surface area contributed by atoms with E-state index in [0.717, 1.165) is 122 Å². The fourth-order valence-corrected chi connectivity index (χ4v) is 16.1. The summed E-state index contributed by atoms with van der Waals surface area (Å²) in [6, 6.07) is 67.1. The summed E-state index contributed by atoms with van der Waals surface area (Å²) in [6.45, 7) is 27.4. The Morgan fingerprint density at radius 1 is 0.275 bits per heavy atom. The molecule has 10 aromatic carbocycles. The Labute approximate surface area is 598 Å². The first kappa shape index (κ1) is 65.8. The van der Waals surface area contributed by atoms with E-state index in [1.807, 2.05) is 18.6 Å². The molecule has 16 aromatic rings. The third-order valence-electron chi connectivity index (χ3n) is 21.2. The molecule has 0 bridgehead atoms. The Balaban J connectivity index is 0.680. The summed E-state index contributed by atoms with van der Waals surface area (Å²) < 4.78 is 27.0. The van der Waals surface area contributed by atoms with Crippen LogP contribution in [0.5, 0.6) is 0 Å². The lowest BCUT2D eigenvalue weighted by molar-refractivity contribution is 0.654. The van der Waals surface area contributed by atoms with E-state index in [0.29, 0.717) is 0 Å². The monoisotopic (exact) mass is 1340 g/mol. The highest BCUT2D eigenvalue weighted by Crippen LogP contribution is 2.47. The second-order valence-corrected chi connectivity index (χ2v) is 30.1. The van der Waals surface area contributed by atoms with Gasteiger partial charge < -0.3 is 13.3 Å². The highest BCUT2D eigenvalue weighted by atomic mass is 16.3. The van der Waals surface area contributed by atoms with Crippen LogP contribution in [0.4, 0.5) is 0 Å². The lowest BCUT2D eigenvalue weighted by atomic mass is 9.89. The van der Waals surface area contributed by atoms with Gasteiger partial charge in [0, 0.05) is 103 Å². The number of para-hydroxylation sites is 3. The Kier molecular flexibility index (Phi) is 17.4. The SMILES string of the molecule is CC(C)c1cc2c(oc3ccccc32)c(C(C)C)c1-n1ccnc1-c1ccc(CCc2cc(CCc3ccc(-c4nccn4-c4c(C(C)C)cc5c(oc6ccccc65)c4C(C)C)cc3)cc(CCc3ccc(-c4nccn4-c4c(C(C)C)cc5c(oc6ccccc65)c4C(C)C)cc3)c2)cc1. The molecular weight excluding hydrogens is 1250 g/mol. The van der Waals surface area contributed by atoms with Gasteiger partial charge in [0.05, 0.1) is 17.1 Å². The number of fused-ring (bicyclic) bond motifs is 9. The van der Waals surface area contributed by atoms with Crippen molar-refractivity contribution in [1.82, 2.24) is 28.7 Å². The van der Waals surface area contributed by atoms with E-state index in [1.165, 1.54) is 100.0 Å². The second-order valence-electron chi connectivity index (χ2n) is 30.1. The number of aryl methyl sites for hydroxylation is 6. The van der Waals surface area contributed by atoms with Crippen molar-refractivity contribution in [2.45, 2.75) is 157 Å². The zero-order chi connectivity index (χ0) is 70.2. The van der Waals surface area contributed by atoms with Gasteiger partial charge in [0.2, 0.25) is 0 Å². The van der Waals surface area contributed by atoms with Gasteiger partial charge in [-0.05, 0) is 161 Å². The van der Waals surface area contributed by atoms with Crippen molar-refractivity contribution in [3.05, 3.63) is 286 Å². The van der Waals surface area contributed by atoms with Crippen molar-refractivity contribution in [2.24, 2.45) is 0 Å². The van der Waals surface area contributed by atoms with Crippen LogP contribution in [0.15, 0.2) is 232 Å². The molecule has 6 heterocycles. The Morgan fingerprint density at radius 3 is 0.784 bits per heavy atom. The first-order valence-corrected chi connectivity index (χ1v) is 37.0. The number of benzene rings is 10. The minimum absolute atomic E-state index is 0.214. The van der Waals surface area contributed by atoms with Crippen LogP contribution < -0.4 is 0 Å². The minimum Gasteiger partial charge on any atom is -0.456 e. The molecule has 102 heavy (non-hydrogen) atoms. The van der Waals surface area contributed by atoms with Crippen LogP contribution in [0.3, 0.4) is 0 Å². The maximum atomic E-state index is 6.70. The number of nitrogens with zero attached hydrogens (tertiary/aromatic N) is 6. The summed E-state index contributed by atoms with van der Waals surface area (Å²) in [7, 11) is 0. The smallest absolute Gasteiger partial charge is 0.144 e. The summed E-state index contributed by atoms with van der Waals surface area (Å²) in [5.74, 6) is 4.26. The van der Waals surface area contributed by atoms with Crippen molar-refractivity contribution in [3.63, 3.8) is 0 Å². The zero-order valence-electron chi connectivity index (χ0n) is 60.9. The summed E-state index contributed by atoms with van der Waals surface area (Å²) in [5.41, 5.74) is 27.9. The van der Waals surface area contributed by atoms with Crippen molar-refractivity contribution < 1.29 is 13.3 Å². The number of hydrogen-bond acceptors (Lipinski definition) is 6. The van der Waals surface area contributed by atoms with Gasteiger partial charge in [-0.2, -0.15) is 0 Å². The highest BCUT2D eigenvalue weighted by Gasteiger charge is 2.29. The van der Waals surface area contributed by atoms with Gasteiger partial charge >= 0.3 is 0 Å². The van der Waals surface area contributed by atoms with Crippen LogP contribution in [0.1, 0.15) is 185 Å². The van der Waals surface area contributed by atoms with Gasteiger partial charge in [-0.1, -0.05) is 229 Å². The molecule has 6 aromatic heterocycles. The van der Waals surface area contributed by atoms with Crippen LogP contribution in [0, 0.1) is 0 Å². The van der Waals surface area contributed by atoms with Crippen molar-refractivity contribution in [3.8, 4) is 51.2 Å². The molecule has 16 rings (SSSR count). The van der Waals surface area contributed by atoms with E-state index in [1.54, 1.807) is 0 Å². The fourth-order valence-electron chi connectivity index (χ4n) is 16.1. The molecule has 9 heteroatoms. The molecule has 0 radical (unpaired) electrons. The molecule has 0 amide bonds. The van der Waals surface area contributed by atoms with E-state index in [2.05, 4.69) is 297 Å². The summed E-state index contributed by atoms with van der Waals surface area (Å²) in [6.07, 6.45) is 17.7. The Hall–Kier alpha value is -10.8. The number of rotatable bonds is 21. The van der Waals surface area contributed by atoms with Crippen molar-refractivity contribution >= 4 is 65.8 Å². The predicted octanol–water partition coefficient (Wildman–Crippen LogP) is 25.0. The Morgan fingerprint density at radius 2 is 0.529 bits per heavy atom. The lowest BCUT2D eigenvalue weighted by Gasteiger charge is -2.22. The number of hydrogen-bond donors (Lipinski definition) is 0. The number of furan rings is 3. The quantitative estimate of drug-likeness (QED) is 0.0712. The average Bonchev–Trinajstić information content (AvgIpc) is 1.56. The molecule has 0 aliphatic carbocycles. The van der Waals surface area contributed by atoms with Gasteiger partial charge in [-0.15, -0.1) is 0 Å². The third-order valence-corrected chi connectivity index (χ3v) is 21.2. The van der Waals surface area contributed by atoms with E-state index in [4.69, 9.17) is 28.2 Å². The molecule has 0 unspecified atom stereocenters. The summed E-state index contributed by atoms with van der Waals surface area (Å²) in [5, 5.41) is 6.99. The fraction of sp³-hybridized carbons (Fsp3) is 0.258. The molecular formula is C93H90N6O3. The first-order valence-electron chi connectivity index (χ1n) is 37.0. The maximum Gasteiger partial charge on any atom is 0.144 e. The van der Waals surface area contributed by atoms with Crippen LogP contribution in [-0.2, 0) is 38.5 Å². The Bertz CT molecular complexity index is 5200. The van der Waals surface area contributed by atoms with Gasteiger partial charge in [-0.3, -0.25) is 13.7 Å². The van der Waals surface area contributed by atoms with Gasteiger partial charge in [0.25, 0.3) is 0 Å².